The molecule has 2 rings (SSSR count). The third-order valence-electron chi connectivity index (χ3n) is 1.97. The molecule has 2 heterocycles. The summed E-state index contributed by atoms with van der Waals surface area (Å²) in [5, 5.41) is 3.11. The Kier molecular flexibility index (Phi) is 3.35. The van der Waals surface area contributed by atoms with Crippen LogP contribution in [0.25, 0.3) is 0 Å². The largest absolute Gasteiger partial charge is 0.383 e. The van der Waals surface area contributed by atoms with Crippen molar-refractivity contribution in [3.63, 3.8) is 0 Å². The fourth-order valence-corrected chi connectivity index (χ4v) is 2.29. The van der Waals surface area contributed by atoms with Gasteiger partial charge in [-0.05, 0) is 22.9 Å². The average Bonchev–Trinajstić information content (AvgIpc) is 2.59. The SMILES string of the molecule is Cc1ncsc1CNc1nc(N)cc(Br)n1. The lowest BCUT2D eigenvalue weighted by Crippen LogP contribution is -2.05. The molecule has 0 fully saturated rings. The quantitative estimate of drug-likeness (QED) is 0.850. The van der Waals surface area contributed by atoms with Crippen LogP contribution in [-0.4, -0.2) is 15.0 Å². The minimum Gasteiger partial charge on any atom is -0.383 e. The van der Waals surface area contributed by atoms with E-state index in [1.54, 1.807) is 17.4 Å². The van der Waals surface area contributed by atoms with Crippen molar-refractivity contribution in [3.8, 4) is 0 Å². The first kappa shape index (κ1) is 11.3. The zero-order valence-corrected chi connectivity index (χ0v) is 11.0. The molecule has 2 aromatic heterocycles. The number of nitrogen functional groups attached to an aromatic ring is 1. The van der Waals surface area contributed by atoms with Gasteiger partial charge in [0.25, 0.3) is 0 Å². The second kappa shape index (κ2) is 4.75. The van der Waals surface area contributed by atoms with Gasteiger partial charge in [0.2, 0.25) is 5.95 Å². The van der Waals surface area contributed by atoms with E-state index in [1.807, 2.05) is 12.4 Å². The Labute approximate surface area is 105 Å². The Morgan fingerprint density at radius 1 is 1.50 bits per heavy atom. The molecule has 7 heteroatoms. The summed E-state index contributed by atoms with van der Waals surface area (Å²) in [7, 11) is 0. The average molecular weight is 300 g/mol. The molecule has 2 aromatic rings. The van der Waals surface area contributed by atoms with Crippen LogP contribution in [0.4, 0.5) is 11.8 Å². The number of nitrogens with one attached hydrogen (secondary N) is 1. The van der Waals surface area contributed by atoms with E-state index >= 15 is 0 Å². The molecule has 0 aliphatic rings. The third-order valence-corrected chi connectivity index (χ3v) is 3.31. The Hall–Kier alpha value is -1.21. The van der Waals surface area contributed by atoms with E-state index in [1.165, 1.54) is 4.88 Å². The first-order valence-corrected chi connectivity index (χ1v) is 6.25. The van der Waals surface area contributed by atoms with Gasteiger partial charge < -0.3 is 11.1 Å². The van der Waals surface area contributed by atoms with Crippen molar-refractivity contribution < 1.29 is 0 Å². The van der Waals surface area contributed by atoms with Crippen LogP contribution in [0.3, 0.4) is 0 Å². The summed E-state index contributed by atoms with van der Waals surface area (Å²) in [5.74, 6) is 0.949. The van der Waals surface area contributed by atoms with Gasteiger partial charge >= 0.3 is 0 Å². The first-order chi connectivity index (χ1) is 7.65. The first-order valence-electron chi connectivity index (χ1n) is 4.58. The number of nitrogens with zero attached hydrogens (tertiary/aromatic N) is 3. The van der Waals surface area contributed by atoms with Gasteiger partial charge in [0.15, 0.2) is 0 Å². The number of nitrogens with two attached hydrogens (primary N) is 1. The van der Waals surface area contributed by atoms with Crippen molar-refractivity contribution >= 4 is 39.0 Å². The molecule has 5 nitrogen and oxygen atoms in total. The van der Waals surface area contributed by atoms with Gasteiger partial charge in [-0.2, -0.15) is 4.98 Å². The lowest BCUT2D eigenvalue weighted by molar-refractivity contribution is 1.04. The van der Waals surface area contributed by atoms with Crippen molar-refractivity contribution in [2.24, 2.45) is 0 Å². The molecule has 0 aliphatic heterocycles. The number of thiazole rings is 1. The van der Waals surface area contributed by atoms with Gasteiger partial charge in [-0.25, -0.2) is 9.97 Å². The predicted molar refractivity (Wildman–Crippen MR) is 68.3 cm³/mol. The maximum absolute atomic E-state index is 5.61. The van der Waals surface area contributed by atoms with Crippen molar-refractivity contribution in [1.29, 1.82) is 0 Å². The predicted octanol–water partition coefficient (Wildman–Crippen LogP) is 2.20. The topological polar surface area (TPSA) is 76.7 Å². The molecule has 3 N–H and O–H groups in total. The fraction of sp³-hybridized carbons (Fsp3) is 0.222. The minimum atomic E-state index is 0.436. The van der Waals surface area contributed by atoms with Crippen molar-refractivity contribution in [2.45, 2.75) is 13.5 Å². The molecule has 0 spiro atoms. The van der Waals surface area contributed by atoms with E-state index in [2.05, 4.69) is 36.2 Å². The van der Waals surface area contributed by atoms with Gasteiger partial charge in [0, 0.05) is 10.9 Å². The van der Waals surface area contributed by atoms with Crippen LogP contribution >= 0.6 is 27.3 Å². The monoisotopic (exact) mass is 299 g/mol. The Balaban J connectivity index is 2.07. The number of aryl methyl sites for hydroxylation is 1. The van der Waals surface area contributed by atoms with Crippen molar-refractivity contribution in [2.75, 3.05) is 11.1 Å². The zero-order chi connectivity index (χ0) is 11.5. The van der Waals surface area contributed by atoms with E-state index in [4.69, 9.17) is 5.73 Å². The van der Waals surface area contributed by atoms with E-state index in [0.29, 0.717) is 22.9 Å². The molecule has 0 bridgehead atoms. The highest BCUT2D eigenvalue weighted by atomic mass is 79.9. The van der Waals surface area contributed by atoms with E-state index in [0.717, 1.165) is 5.69 Å². The van der Waals surface area contributed by atoms with Crippen LogP contribution < -0.4 is 11.1 Å². The van der Waals surface area contributed by atoms with E-state index in [9.17, 15) is 0 Å². The molecule has 0 aromatic carbocycles. The number of hydrogen-bond donors (Lipinski definition) is 2. The van der Waals surface area contributed by atoms with Crippen LogP contribution in [0, 0.1) is 6.92 Å². The zero-order valence-electron chi connectivity index (χ0n) is 8.57. The summed E-state index contributed by atoms with van der Waals surface area (Å²) >= 11 is 4.87. The summed E-state index contributed by atoms with van der Waals surface area (Å²) in [5.41, 5.74) is 8.46. The smallest absolute Gasteiger partial charge is 0.226 e. The number of anilines is 2. The van der Waals surface area contributed by atoms with Gasteiger partial charge in [-0.15, -0.1) is 11.3 Å². The molecular weight excluding hydrogens is 290 g/mol. The summed E-state index contributed by atoms with van der Waals surface area (Å²) in [6, 6.07) is 1.66. The minimum absolute atomic E-state index is 0.436. The van der Waals surface area contributed by atoms with Crippen LogP contribution in [0.2, 0.25) is 0 Å². The second-order valence-electron chi connectivity index (χ2n) is 3.15. The molecule has 84 valence electrons. The lowest BCUT2D eigenvalue weighted by atomic mass is 10.4. The molecule has 0 unspecified atom stereocenters. The summed E-state index contributed by atoms with van der Waals surface area (Å²) in [6.07, 6.45) is 0. The molecule has 0 saturated heterocycles. The molecule has 0 amide bonds. The van der Waals surface area contributed by atoms with Crippen molar-refractivity contribution in [3.05, 3.63) is 26.8 Å². The van der Waals surface area contributed by atoms with Crippen LogP contribution in [0.15, 0.2) is 16.2 Å². The van der Waals surface area contributed by atoms with Crippen molar-refractivity contribution in [1.82, 2.24) is 15.0 Å². The van der Waals surface area contributed by atoms with Crippen LogP contribution in [-0.2, 0) is 6.54 Å². The molecule has 0 aliphatic carbocycles. The maximum atomic E-state index is 5.61. The van der Waals surface area contributed by atoms with Gasteiger partial charge in [-0.3, -0.25) is 0 Å². The molecule has 0 radical (unpaired) electrons. The van der Waals surface area contributed by atoms with Gasteiger partial charge in [0.1, 0.15) is 10.4 Å². The lowest BCUT2D eigenvalue weighted by Gasteiger charge is -2.04. The summed E-state index contributed by atoms with van der Waals surface area (Å²) in [4.78, 5) is 13.6. The third kappa shape index (κ3) is 2.67. The Bertz CT molecular complexity index is 478. The maximum Gasteiger partial charge on any atom is 0.226 e. The van der Waals surface area contributed by atoms with Gasteiger partial charge in [-0.1, -0.05) is 0 Å². The number of halogens is 1. The summed E-state index contributed by atoms with van der Waals surface area (Å²) in [6.45, 7) is 2.63. The summed E-state index contributed by atoms with van der Waals surface area (Å²) < 4.78 is 0.670. The second-order valence-corrected chi connectivity index (χ2v) is 4.91. The Morgan fingerprint density at radius 2 is 2.31 bits per heavy atom. The van der Waals surface area contributed by atoms with Gasteiger partial charge in [0.05, 0.1) is 17.7 Å². The molecule has 0 atom stereocenters. The van der Waals surface area contributed by atoms with E-state index < -0.39 is 0 Å². The highest BCUT2D eigenvalue weighted by Crippen LogP contribution is 2.16. The standard InChI is InChI=1S/C9H10BrN5S/c1-5-6(16-4-13-5)3-12-9-14-7(10)2-8(11)15-9/h2,4H,3H2,1H3,(H3,11,12,14,15). The molecular formula is C9H10BrN5S. The molecule has 0 saturated carbocycles. The number of aromatic nitrogens is 3. The number of rotatable bonds is 3. The van der Waals surface area contributed by atoms with Crippen LogP contribution in [0.1, 0.15) is 10.6 Å². The normalized spacial score (nSPS) is 10.4. The molecule has 16 heavy (non-hydrogen) atoms. The highest BCUT2D eigenvalue weighted by molar-refractivity contribution is 9.10. The number of hydrogen-bond acceptors (Lipinski definition) is 6. The van der Waals surface area contributed by atoms with Crippen LogP contribution in [0.5, 0.6) is 0 Å². The Morgan fingerprint density at radius 3 is 2.94 bits per heavy atom. The van der Waals surface area contributed by atoms with E-state index in [-0.39, 0.29) is 0 Å². The highest BCUT2D eigenvalue weighted by Gasteiger charge is 2.03. The fourth-order valence-electron chi connectivity index (χ4n) is 1.17.